The third-order valence-electron chi connectivity index (χ3n) is 15.8. The minimum Gasteiger partial charge on any atom is -0.466 e. The fourth-order valence-electron chi connectivity index (χ4n) is 10.6. The first-order valence-electron chi connectivity index (χ1n) is 33.6. The summed E-state index contributed by atoms with van der Waals surface area (Å²) in [7, 11) is 0. The predicted molar refractivity (Wildman–Crippen MR) is 324 cm³/mol. The first kappa shape index (κ1) is 72.3. The van der Waals surface area contributed by atoms with Gasteiger partial charge in [0.25, 0.3) is 0 Å². The van der Waals surface area contributed by atoms with Gasteiger partial charge in [-0.1, -0.05) is 327 Å². The normalized spacial score (nSPS) is 12.6. The number of esters is 1. The highest BCUT2D eigenvalue weighted by Gasteiger charge is 2.20. The molecule has 2 atom stereocenters. The van der Waals surface area contributed by atoms with Gasteiger partial charge in [0, 0.05) is 12.8 Å². The van der Waals surface area contributed by atoms with Crippen molar-refractivity contribution >= 4 is 11.9 Å². The third-order valence-corrected chi connectivity index (χ3v) is 15.8. The molecule has 0 saturated carbocycles. The summed E-state index contributed by atoms with van der Waals surface area (Å²) in [5.74, 6) is -0.0229. The molecule has 0 bridgehead atoms. The molecule has 0 radical (unpaired) electrons. The zero-order chi connectivity index (χ0) is 53.6. The van der Waals surface area contributed by atoms with Crippen molar-refractivity contribution in [2.45, 2.75) is 386 Å². The van der Waals surface area contributed by atoms with Gasteiger partial charge in [0.15, 0.2) is 0 Å². The lowest BCUT2D eigenvalue weighted by Gasteiger charge is -2.22. The van der Waals surface area contributed by atoms with Crippen molar-refractivity contribution in [1.29, 1.82) is 0 Å². The standard InChI is InChI=1S/C68H131NO5/c1-3-5-7-9-11-13-15-17-18-19-31-34-37-40-44-48-52-56-60-66(71)65(64-70)69-67(72)61-57-53-49-45-41-38-35-32-29-27-25-23-21-20-22-24-26-28-30-33-36-39-43-47-51-55-59-63-74-68(73)62-58-54-50-46-42-16-14-12-10-8-6-4-2/h20-21,24,26,65-66,70-71H,3-19,22-23,25,27-64H2,1-2H3,(H,69,72)/b21-20-,26-24-. The van der Waals surface area contributed by atoms with Crippen LogP contribution in [0.5, 0.6) is 0 Å². The summed E-state index contributed by atoms with van der Waals surface area (Å²) in [6, 6.07) is -0.544. The van der Waals surface area contributed by atoms with E-state index in [0.717, 1.165) is 44.9 Å². The van der Waals surface area contributed by atoms with Crippen LogP contribution in [0, 0.1) is 0 Å². The van der Waals surface area contributed by atoms with Gasteiger partial charge in [-0.3, -0.25) is 9.59 Å². The Hall–Kier alpha value is -1.66. The van der Waals surface area contributed by atoms with E-state index in [1.54, 1.807) is 0 Å². The number of aliphatic hydroxyl groups excluding tert-OH is 2. The maximum Gasteiger partial charge on any atom is 0.305 e. The first-order chi connectivity index (χ1) is 36.5. The molecule has 0 rings (SSSR count). The molecule has 0 heterocycles. The maximum atomic E-state index is 12.5. The van der Waals surface area contributed by atoms with Gasteiger partial charge in [0.05, 0.1) is 25.4 Å². The van der Waals surface area contributed by atoms with Crippen LogP contribution in [-0.4, -0.2) is 47.4 Å². The SMILES string of the molecule is CCCCCCCCCCCCCCCCCCCCC(O)C(CO)NC(=O)CCCCCCCCCCCCC/C=C\C/C=C\CCCCCCCCCCCOC(=O)CCCCCCCCCCCCCC. The number of amides is 1. The molecule has 6 nitrogen and oxygen atoms in total. The molecule has 3 N–H and O–H groups in total. The van der Waals surface area contributed by atoms with Crippen molar-refractivity contribution < 1.29 is 24.5 Å². The summed E-state index contributed by atoms with van der Waals surface area (Å²) in [6.07, 6.45) is 79.2. The molecule has 0 aliphatic heterocycles. The highest BCUT2D eigenvalue weighted by Crippen LogP contribution is 2.18. The van der Waals surface area contributed by atoms with Gasteiger partial charge in [-0.05, 0) is 57.8 Å². The van der Waals surface area contributed by atoms with E-state index in [9.17, 15) is 19.8 Å². The van der Waals surface area contributed by atoms with Crippen LogP contribution in [-0.2, 0) is 14.3 Å². The quantitative estimate of drug-likeness (QED) is 0.0320. The van der Waals surface area contributed by atoms with E-state index in [1.807, 2.05) is 0 Å². The first-order valence-corrected chi connectivity index (χ1v) is 33.6. The zero-order valence-electron chi connectivity index (χ0n) is 50.1. The van der Waals surface area contributed by atoms with E-state index in [-0.39, 0.29) is 18.5 Å². The second kappa shape index (κ2) is 63.9. The second-order valence-electron chi connectivity index (χ2n) is 23.2. The zero-order valence-corrected chi connectivity index (χ0v) is 50.1. The van der Waals surface area contributed by atoms with Gasteiger partial charge in [-0.15, -0.1) is 0 Å². The molecule has 438 valence electrons. The smallest absolute Gasteiger partial charge is 0.305 e. The lowest BCUT2D eigenvalue weighted by molar-refractivity contribution is -0.143. The Morgan fingerprint density at radius 2 is 0.676 bits per heavy atom. The summed E-state index contributed by atoms with van der Waals surface area (Å²) in [4.78, 5) is 24.5. The van der Waals surface area contributed by atoms with Crippen LogP contribution < -0.4 is 5.32 Å². The molecule has 0 aromatic carbocycles. The minimum atomic E-state index is -0.667. The van der Waals surface area contributed by atoms with Crippen molar-refractivity contribution in [3.05, 3.63) is 24.3 Å². The van der Waals surface area contributed by atoms with Gasteiger partial charge < -0.3 is 20.3 Å². The summed E-state index contributed by atoms with van der Waals surface area (Å²) in [5.41, 5.74) is 0. The van der Waals surface area contributed by atoms with Gasteiger partial charge in [-0.25, -0.2) is 0 Å². The number of carbonyl (C=O) groups excluding carboxylic acids is 2. The molecular weight excluding hydrogens is 911 g/mol. The Labute approximate surface area is 462 Å². The van der Waals surface area contributed by atoms with Crippen LogP contribution in [0.2, 0.25) is 0 Å². The Morgan fingerprint density at radius 3 is 1.03 bits per heavy atom. The van der Waals surface area contributed by atoms with E-state index in [4.69, 9.17) is 4.74 Å². The molecule has 0 aromatic heterocycles. The molecule has 0 aromatic rings. The Kier molecular flexibility index (Phi) is 62.4. The number of ether oxygens (including phenoxy) is 1. The van der Waals surface area contributed by atoms with E-state index in [1.165, 1.54) is 295 Å². The summed E-state index contributed by atoms with van der Waals surface area (Å²) >= 11 is 0. The number of unbranched alkanes of at least 4 members (excludes halogenated alkanes) is 48. The second-order valence-corrected chi connectivity index (χ2v) is 23.2. The molecule has 0 aliphatic rings. The Balaban J connectivity index is 3.42. The molecule has 6 heteroatoms. The van der Waals surface area contributed by atoms with Crippen LogP contribution in [0.15, 0.2) is 24.3 Å². The molecular formula is C68H131NO5. The summed E-state index contributed by atoms with van der Waals surface area (Å²) < 4.78 is 5.47. The van der Waals surface area contributed by atoms with E-state index in [2.05, 4.69) is 43.5 Å². The number of allylic oxidation sites excluding steroid dienone is 4. The molecule has 74 heavy (non-hydrogen) atoms. The van der Waals surface area contributed by atoms with Crippen molar-refractivity contribution in [1.82, 2.24) is 5.32 Å². The van der Waals surface area contributed by atoms with Gasteiger partial charge in [0.2, 0.25) is 5.91 Å². The minimum absolute atomic E-state index is 0.0119. The molecule has 0 fully saturated rings. The summed E-state index contributed by atoms with van der Waals surface area (Å²) in [6.45, 7) is 4.98. The summed E-state index contributed by atoms with van der Waals surface area (Å²) in [5, 5.41) is 23.4. The van der Waals surface area contributed by atoms with Gasteiger partial charge >= 0.3 is 5.97 Å². The predicted octanol–water partition coefficient (Wildman–Crippen LogP) is 21.4. The van der Waals surface area contributed by atoms with Gasteiger partial charge in [0.1, 0.15) is 0 Å². The topological polar surface area (TPSA) is 95.9 Å². The number of carbonyl (C=O) groups is 2. The molecule has 2 unspecified atom stereocenters. The average molecular weight is 1040 g/mol. The van der Waals surface area contributed by atoms with Crippen molar-refractivity contribution in [3.63, 3.8) is 0 Å². The molecule has 0 saturated heterocycles. The van der Waals surface area contributed by atoms with Crippen LogP contribution in [0.4, 0.5) is 0 Å². The lowest BCUT2D eigenvalue weighted by Crippen LogP contribution is -2.45. The number of hydrogen-bond acceptors (Lipinski definition) is 5. The monoisotopic (exact) mass is 1040 g/mol. The van der Waals surface area contributed by atoms with E-state index < -0.39 is 12.1 Å². The van der Waals surface area contributed by atoms with Crippen molar-refractivity contribution in [2.24, 2.45) is 0 Å². The average Bonchev–Trinajstić information content (AvgIpc) is 3.40. The fraction of sp³-hybridized carbons (Fsp3) is 0.912. The lowest BCUT2D eigenvalue weighted by atomic mass is 10.0. The molecule has 0 aliphatic carbocycles. The number of nitrogens with one attached hydrogen (secondary N) is 1. The Morgan fingerprint density at radius 1 is 0.378 bits per heavy atom. The van der Waals surface area contributed by atoms with Crippen LogP contribution >= 0.6 is 0 Å². The number of aliphatic hydroxyl groups is 2. The van der Waals surface area contributed by atoms with Crippen molar-refractivity contribution in [3.8, 4) is 0 Å². The molecule has 1 amide bonds. The van der Waals surface area contributed by atoms with Gasteiger partial charge in [-0.2, -0.15) is 0 Å². The third kappa shape index (κ3) is 59.6. The number of rotatable bonds is 63. The Bertz CT molecular complexity index is 1150. The van der Waals surface area contributed by atoms with E-state index >= 15 is 0 Å². The van der Waals surface area contributed by atoms with Crippen LogP contribution in [0.3, 0.4) is 0 Å². The highest BCUT2D eigenvalue weighted by atomic mass is 16.5. The highest BCUT2D eigenvalue weighted by molar-refractivity contribution is 5.76. The van der Waals surface area contributed by atoms with Crippen LogP contribution in [0.25, 0.3) is 0 Å². The molecule has 0 spiro atoms. The fourth-order valence-corrected chi connectivity index (χ4v) is 10.6. The van der Waals surface area contributed by atoms with E-state index in [0.29, 0.717) is 25.9 Å². The maximum absolute atomic E-state index is 12.5. The van der Waals surface area contributed by atoms with Crippen molar-refractivity contribution in [2.75, 3.05) is 13.2 Å². The number of hydrogen-bond donors (Lipinski definition) is 3. The largest absolute Gasteiger partial charge is 0.466 e. The van der Waals surface area contributed by atoms with Crippen LogP contribution in [0.1, 0.15) is 373 Å².